The van der Waals surface area contributed by atoms with Crippen LogP contribution in [0.2, 0.25) is 5.02 Å². The fourth-order valence-electron chi connectivity index (χ4n) is 3.31. The zero-order valence-electron chi connectivity index (χ0n) is 17.8. The van der Waals surface area contributed by atoms with Gasteiger partial charge in [-0.25, -0.2) is 22.4 Å². The fourth-order valence-corrected chi connectivity index (χ4v) is 4.90. The lowest BCUT2D eigenvalue weighted by Crippen LogP contribution is -2.47. The number of esters is 1. The molecule has 0 aromatic heterocycles. The minimum atomic E-state index is -4.13. The lowest BCUT2D eigenvalue weighted by molar-refractivity contribution is -0.136. The van der Waals surface area contributed by atoms with Crippen LogP contribution in [0.4, 0.5) is 9.18 Å². The van der Waals surface area contributed by atoms with E-state index in [-0.39, 0.29) is 21.2 Å². The Morgan fingerprint density at radius 3 is 2.39 bits per heavy atom. The van der Waals surface area contributed by atoms with Crippen molar-refractivity contribution < 1.29 is 36.6 Å². The Hall–Kier alpha value is -3.31. The molecule has 0 aliphatic carbocycles. The van der Waals surface area contributed by atoms with Gasteiger partial charge in [0.2, 0.25) is 0 Å². The summed E-state index contributed by atoms with van der Waals surface area (Å²) in [5.41, 5.74) is 0.106. The minimum Gasteiger partial charge on any atom is -0.493 e. The van der Waals surface area contributed by atoms with Crippen molar-refractivity contribution in [2.24, 2.45) is 0 Å². The average Bonchev–Trinajstić information content (AvgIpc) is 2.79. The van der Waals surface area contributed by atoms with E-state index in [0.717, 1.165) is 25.3 Å². The van der Waals surface area contributed by atoms with Gasteiger partial charge >= 0.3 is 12.0 Å². The number of benzene rings is 2. The first-order valence-electron chi connectivity index (χ1n) is 9.40. The normalized spacial score (nSPS) is 16.0. The maximum Gasteiger partial charge on any atom is 0.338 e. The standard InChI is InChI=1S/C21H20ClFN2O7S/c1-30-16-7-4-11(8-17(16)31-2)19-18(20(26)32-3)15(24-21(27)25-19)10-33(28,29)12-5-6-14(23)13(22)9-12/h4-9,19H,10H2,1-3H3,(H2,24,25,27)/t19-/m1/s1. The molecule has 176 valence electrons. The Bertz CT molecular complexity index is 1250. The number of amides is 2. The van der Waals surface area contributed by atoms with Gasteiger partial charge in [0.15, 0.2) is 21.3 Å². The summed E-state index contributed by atoms with van der Waals surface area (Å²) in [6.07, 6.45) is 0. The summed E-state index contributed by atoms with van der Waals surface area (Å²) in [6, 6.07) is 5.85. The summed E-state index contributed by atoms with van der Waals surface area (Å²) >= 11 is 5.72. The molecule has 2 amide bonds. The van der Waals surface area contributed by atoms with Crippen molar-refractivity contribution in [3.63, 3.8) is 0 Å². The third-order valence-corrected chi connectivity index (χ3v) is 6.81. The van der Waals surface area contributed by atoms with Crippen molar-refractivity contribution in [1.29, 1.82) is 0 Å². The number of urea groups is 1. The van der Waals surface area contributed by atoms with Gasteiger partial charge in [-0.2, -0.15) is 0 Å². The van der Waals surface area contributed by atoms with E-state index in [9.17, 15) is 22.4 Å². The molecule has 0 fully saturated rings. The predicted molar refractivity (Wildman–Crippen MR) is 116 cm³/mol. The molecular formula is C21H20ClFN2O7S. The number of rotatable bonds is 7. The van der Waals surface area contributed by atoms with Crippen LogP contribution >= 0.6 is 11.6 Å². The van der Waals surface area contributed by atoms with Crippen LogP contribution in [-0.4, -0.2) is 47.5 Å². The molecular weight excluding hydrogens is 479 g/mol. The quantitative estimate of drug-likeness (QED) is 0.445. The van der Waals surface area contributed by atoms with Crippen LogP contribution < -0.4 is 20.1 Å². The van der Waals surface area contributed by atoms with Gasteiger partial charge in [-0.05, 0) is 35.9 Å². The molecule has 9 nitrogen and oxygen atoms in total. The molecule has 1 heterocycles. The molecule has 2 aromatic carbocycles. The largest absolute Gasteiger partial charge is 0.493 e. The van der Waals surface area contributed by atoms with Crippen molar-refractivity contribution in [2.75, 3.05) is 27.1 Å². The van der Waals surface area contributed by atoms with E-state index in [1.54, 1.807) is 18.2 Å². The number of carbonyl (C=O) groups is 2. The van der Waals surface area contributed by atoms with Crippen molar-refractivity contribution in [3.8, 4) is 11.5 Å². The summed E-state index contributed by atoms with van der Waals surface area (Å²) in [4.78, 5) is 24.8. The number of methoxy groups -OCH3 is 3. The molecule has 0 radical (unpaired) electrons. The molecule has 0 spiro atoms. The van der Waals surface area contributed by atoms with Gasteiger partial charge in [-0.1, -0.05) is 17.7 Å². The molecule has 0 saturated heterocycles. The second-order valence-electron chi connectivity index (χ2n) is 6.86. The van der Waals surface area contributed by atoms with Crippen LogP contribution in [0, 0.1) is 5.82 Å². The molecule has 0 saturated carbocycles. The highest BCUT2D eigenvalue weighted by atomic mass is 35.5. The molecule has 3 rings (SSSR count). The van der Waals surface area contributed by atoms with E-state index in [1.807, 2.05) is 0 Å². The average molecular weight is 499 g/mol. The topological polar surface area (TPSA) is 120 Å². The monoisotopic (exact) mass is 498 g/mol. The van der Waals surface area contributed by atoms with Crippen LogP contribution in [-0.2, 0) is 19.4 Å². The summed E-state index contributed by atoms with van der Waals surface area (Å²) in [6.45, 7) is 0. The van der Waals surface area contributed by atoms with Gasteiger partial charge in [0.05, 0.1) is 48.6 Å². The van der Waals surface area contributed by atoms with Crippen LogP contribution in [0.25, 0.3) is 0 Å². The number of sulfone groups is 1. The Kier molecular flexibility index (Phi) is 7.13. The van der Waals surface area contributed by atoms with Crippen LogP contribution in [0.15, 0.2) is 52.6 Å². The fraction of sp³-hybridized carbons (Fsp3) is 0.238. The third kappa shape index (κ3) is 5.04. The van der Waals surface area contributed by atoms with Gasteiger partial charge in [-0.3, -0.25) is 0 Å². The molecule has 1 aliphatic heterocycles. The number of carbonyl (C=O) groups excluding carboxylic acids is 2. The Morgan fingerprint density at radius 1 is 1.09 bits per heavy atom. The van der Waals surface area contributed by atoms with Crippen LogP contribution in [0.5, 0.6) is 11.5 Å². The first-order valence-corrected chi connectivity index (χ1v) is 11.4. The summed E-state index contributed by atoms with van der Waals surface area (Å²) in [5.74, 6) is -1.65. The minimum absolute atomic E-state index is 0.124. The van der Waals surface area contributed by atoms with Crippen LogP contribution in [0.1, 0.15) is 11.6 Å². The molecule has 2 aromatic rings. The first kappa shape index (κ1) is 24.3. The van der Waals surface area contributed by atoms with Gasteiger partial charge in [0.1, 0.15) is 5.82 Å². The zero-order valence-corrected chi connectivity index (χ0v) is 19.3. The molecule has 1 atom stereocenters. The molecule has 33 heavy (non-hydrogen) atoms. The second kappa shape index (κ2) is 9.67. The van der Waals surface area contributed by atoms with Crippen molar-refractivity contribution in [1.82, 2.24) is 10.6 Å². The predicted octanol–water partition coefficient (Wildman–Crippen LogP) is 2.75. The number of nitrogens with one attached hydrogen (secondary N) is 2. The zero-order chi connectivity index (χ0) is 24.3. The highest BCUT2D eigenvalue weighted by molar-refractivity contribution is 7.91. The van der Waals surface area contributed by atoms with Gasteiger partial charge in [0, 0.05) is 5.70 Å². The maximum absolute atomic E-state index is 13.5. The lowest BCUT2D eigenvalue weighted by atomic mass is 9.95. The number of ether oxygens (including phenoxy) is 3. The molecule has 0 bridgehead atoms. The van der Waals surface area contributed by atoms with Crippen LogP contribution in [0.3, 0.4) is 0 Å². The highest BCUT2D eigenvalue weighted by Crippen LogP contribution is 2.35. The Morgan fingerprint density at radius 2 is 1.79 bits per heavy atom. The summed E-state index contributed by atoms with van der Waals surface area (Å²) in [5, 5.41) is 4.58. The van der Waals surface area contributed by atoms with Gasteiger partial charge < -0.3 is 24.8 Å². The number of hydrogen-bond acceptors (Lipinski definition) is 7. The third-order valence-electron chi connectivity index (χ3n) is 4.88. The van der Waals surface area contributed by atoms with E-state index in [2.05, 4.69) is 10.6 Å². The lowest BCUT2D eigenvalue weighted by Gasteiger charge is -2.29. The molecule has 2 N–H and O–H groups in total. The molecule has 12 heteroatoms. The van der Waals surface area contributed by atoms with Crippen molar-refractivity contribution >= 4 is 33.4 Å². The first-order chi connectivity index (χ1) is 15.6. The maximum atomic E-state index is 13.5. The Balaban J connectivity index is 2.12. The van der Waals surface area contributed by atoms with Crippen molar-refractivity contribution in [3.05, 3.63) is 64.1 Å². The molecule has 1 aliphatic rings. The molecule has 0 unspecified atom stereocenters. The van der Waals surface area contributed by atoms with E-state index >= 15 is 0 Å². The van der Waals surface area contributed by atoms with E-state index in [0.29, 0.717) is 17.1 Å². The van der Waals surface area contributed by atoms with Crippen molar-refractivity contribution in [2.45, 2.75) is 10.9 Å². The number of hydrogen-bond donors (Lipinski definition) is 2. The SMILES string of the molecule is COC(=O)C1=C(CS(=O)(=O)c2ccc(F)c(Cl)c2)NC(=O)N[C@@H]1c1ccc(OC)c(OC)c1. The number of halogens is 2. The van der Waals surface area contributed by atoms with E-state index < -0.39 is 39.4 Å². The second-order valence-corrected chi connectivity index (χ2v) is 9.26. The smallest absolute Gasteiger partial charge is 0.338 e. The summed E-state index contributed by atoms with van der Waals surface area (Å²) < 4.78 is 54.8. The van der Waals surface area contributed by atoms with E-state index in [1.165, 1.54) is 14.2 Å². The highest BCUT2D eigenvalue weighted by Gasteiger charge is 2.36. The summed E-state index contributed by atoms with van der Waals surface area (Å²) in [7, 11) is -0.127. The van der Waals surface area contributed by atoms with Gasteiger partial charge in [0.25, 0.3) is 0 Å². The Labute approximate surface area is 194 Å². The van der Waals surface area contributed by atoms with E-state index in [4.69, 9.17) is 25.8 Å². The van der Waals surface area contributed by atoms with Gasteiger partial charge in [-0.15, -0.1) is 0 Å².